The maximum absolute atomic E-state index is 12.4. The van der Waals surface area contributed by atoms with Gasteiger partial charge < -0.3 is 14.8 Å². The highest BCUT2D eigenvalue weighted by atomic mass is 16.5. The van der Waals surface area contributed by atoms with Gasteiger partial charge >= 0.3 is 5.97 Å². The Bertz CT molecular complexity index is 818. The first-order valence-electron chi connectivity index (χ1n) is 9.65. The van der Waals surface area contributed by atoms with Gasteiger partial charge in [0.25, 0.3) is 5.91 Å². The fraction of sp³-hybridized carbons (Fsp3) is 0.476. The maximum atomic E-state index is 12.4. The minimum atomic E-state index is -0.688. The van der Waals surface area contributed by atoms with Crippen LogP contribution in [0.3, 0.4) is 0 Å². The van der Waals surface area contributed by atoms with E-state index in [1.165, 1.54) is 13.5 Å². The Labute approximate surface area is 165 Å². The molecule has 0 radical (unpaired) electrons. The third-order valence-corrected chi connectivity index (χ3v) is 5.50. The van der Waals surface area contributed by atoms with Crippen molar-refractivity contribution in [2.45, 2.75) is 39.2 Å². The molecular formula is C21H27N3O4. The van der Waals surface area contributed by atoms with E-state index in [0.29, 0.717) is 17.6 Å². The Morgan fingerprint density at radius 2 is 1.96 bits per heavy atom. The number of carbonyl (C=O) groups excluding carboxylic acids is 2. The molecule has 1 N–H and O–H groups in total. The SMILES string of the molecule is COc1cn(-c2ccccc2)nc1C(=O)OCC(=O)N[C@@H]1CCC[C@H](C)[C@H]1C. The van der Waals surface area contributed by atoms with E-state index >= 15 is 0 Å². The summed E-state index contributed by atoms with van der Waals surface area (Å²) in [6.45, 7) is 4.03. The lowest BCUT2D eigenvalue weighted by molar-refractivity contribution is -0.125. The molecule has 150 valence electrons. The summed E-state index contributed by atoms with van der Waals surface area (Å²) in [7, 11) is 1.46. The number of amides is 1. The number of benzene rings is 1. The first-order valence-corrected chi connectivity index (χ1v) is 9.65. The number of nitrogens with zero attached hydrogens (tertiary/aromatic N) is 2. The molecule has 3 rings (SSSR count). The third kappa shape index (κ3) is 4.52. The van der Waals surface area contributed by atoms with Crippen LogP contribution in [0.1, 0.15) is 43.6 Å². The van der Waals surface area contributed by atoms with E-state index < -0.39 is 5.97 Å². The molecule has 1 aliphatic carbocycles. The predicted molar refractivity (Wildman–Crippen MR) is 105 cm³/mol. The van der Waals surface area contributed by atoms with Gasteiger partial charge in [-0.1, -0.05) is 44.9 Å². The molecular weight excluding hydrogens is 358 g/mol. The second-order valence-corrected chi connectivity index (χ2v) is 7.34. The van der Waals surface area contributed by atoms with Crippen LogP contribution in [0.2, 0.25) is 0 Å². The van der Waals surface area contributed by atoms with E-state index in [2.05, 4.69) is 24.3 Å². The van der Waals surface area contributed by atoms with Gasteiger partial charge in [-0.25, -0.2) is 9.48 Å². The highest BCUT2D eigenvalue weighted by molar-refractivity contribution is 5.92. The van der Waals surface area contributed by atoms with Gasteiger partial charge in [0, 0.05) is 6.04 Å². The molecule has 28 heavy (non-hydrogen) atoms. The molecule has 1 saturated carbocycles. The molecule has 1 amide bonds. The Morgan fingerprint density at radius 1 is 1.21 bits per heavy atom. The molecule has 0 saturated heterocycles. The van der Waals surface area contributed by atoms with Crippen LogP contribution in [0, 0.1) is 11.8 Å². The van der Waals surface area contributed by atoms with Gasteiger partial charge in [0.05, 0.1) is 19.0 Å². The van der Waals surface area contributed by atoms with Crippen LogP contribution < -0.4 is 10.1 Å². The highest BCUT2D eigenvalue weighted by Crippen LogP contribution is 2.29. The van der Waals surface area contributed by atoms with E-state index in [-0.39, 0.29) is 24.2 Å². The van der Waals surface area contributed by atoms with Gasteiger partial charge in [0.2, 0.25) is 5.69 Å². The number of methoxy groups -OCH3 is 1. The van der Waals surface area contributed by atoms with Gasteiger partial charge in [0.1, 0.15) is 0 Å². The monoisotopic (exact) mass is 385 g/mol. The summed E-state index contributed by atoms with van der Waals surface area (Å²) in [6, 6.07) is 9.49. The standard InChI is InChI=1S/C21H27N3O4/c1-14-8-7-11-17(15(14)2)22-19(25)13-28-21(26)20-18(27-3)12-24(23-20)16-9-5-4-6-10-16/h4-6,9-10,12,14-15,17H,7-8,11,13H2,1-3H3,(H,22,25)/t14-,15+,17+/m0/s1. The summed E-state index contributed by atoms with van der Waals surface area (Å²) in [5.41, 5.74) is 0.830. The smallest absolute Gasteiger partial charge is 0.363 e. The normalized spacial score (nSPS) is 21.8. The van der Waals surface area contributed by atoms with Crippen molar-refractivity contribution in [2.75, 3.05) is 13.7 Å². The molecule has 7 nitrogen and oxygen atoms in total. The van der Waals surface area contributed by atoms with E-state index in [9.17, 15) is 9.59 Å². The fourth-order valence-corrected chi connectivity index (χ4v) is 3.60. The Hall–Kier alpha value is -2.83. The molecule has 0 unspecified atom stereocenters. The van der Waals surface area contributed by atoms with Crippen molar-refractivity contribution in [1.82, 2.24) is 15.1 Å². The summed E-state index contributed by atoms with van der Waals surface area (Å²) in [5.74, 6) is 0.305. The molecule has 0 spiro atoms. The molecule has 3 atom stereocenters. The molecule has 1 heterocycles. The number of rotatable bonds is 6. The zero-order valence-corrected chi connectivity index (χ0v) is 16.6. The number of para-hydroxylation sites is 1. The zero-order valence-electron chi connectivity index (χ0n) is 16.6. The topological polar surface area (TPSA) is 82.5 Å². The van der Waals surface area contributed by atoms with Crippen molar-refractivity contribution in [3.63, 3.8) is 0 Å². The van der Waals surface area contributed by atoms with Crippen molar-refractivity contribution >= 4 is 11.9 Å². The Kier molecular flexibility index (Phi) is 6.34. The van der Waals surface area contributed by atoms with Crippen LogP contribution in [-0.2, 0) is 9.53 Å². The molecule has 0 bridgehead atoms. The molecule has 7 heteroatoms. The first kappa shape index (κ1) is 19.9. The van der Waals surface area contributed by atoms with Gasteiger partial charge in [-0.15, -0.1) is 0 Å². The van der Waals surface area contributed by atoms with E-state index in [4.69, 9.17) is 9.47 Å². The van der Waals surface area contributed by atoms with Crippen molar-refractivity contribution < 1.29 is 19.1 Å². The lowest BCUT2D eigenvalue weighted by Crippen LogP contribution is -2.45. The Morgan fingerprint density at radius 3 is 2.68 bits per heavy atom. The molecule has 0 aliphatic heterocycles. The van der Waals surface area contributed by atoms with Crippen LogP contribution in [0.4, 0.5) is 0 Å². The van der Waals surface area contributed by atoms with Crippen molar-refractivity contribution in [1.29, 1.82) is 0 Å². The number of aromatic nitrogens is 2. The second-order valence-electron chi connectivity index (χ2n) is 7.34. The predicted octanol–water partition coefficient (Wildman–Crippen LogP) is 2.98. The molecule has 1 aliphatic rings. The summed E-state index contributed by atoms with van der Waals surface area (Å²) >= 11 is 0. The van der Waals surface area contributed by atoms with Crippen LogP contribution >= 0.6 is 0 Å². The van der Waals surface area contributed by atoms with Crippen molar-refractivity contribution in [3.05, 3.63) is 42.2 Å². The molecule has 2 aromatic rings. The van der Waals surface area contributed by atoms with E-state index in [1.54, 1.807) is 10.9 Å². The average molecular weight is 385 g/mol. The number of hydrogen-bond donors (Lipinski definition) is 1. The van der Waals surface area contributed by atoms with Gasteiger partial charge in [-0.05, 0) is 30.4 Å². The number of carbonyl (C=O) groups is 2. The van der Waals surface area contributed by atoms with Crippen LogP contribution in [-0.4, -0.2) is 41.4 Å². The van der Waals surface area contributed by atoms with Gasteiger partial charge in [-0.2, -0.15) is 5.10 Å². The van der Waals surface area contributed by atoms with Crippen LogP contribution in [0.25, 0.3) is 5.69 Å². The quantitative estimate of drug-likeness (QED) is 0.773. The average Bonchev–Trinajstić information content (AvgIpc) is 3.15. The molecule has 1 aromatic carbocycles. The van der Waals surface area contributed by atoms with Gasteiger partial charge in [-0.3, -0.25) is 4.79 Å². The third-order valence-electron chi connectivity index (χ3n) is 5.50. The number of ether oxygens (including phenoxy) is 2. The minimum absolute atomic E-state index is 0.0406. The Balaban J connectivity index is 1.60. The summed E-state index contributed by atoms with van der Waals surface area (Å²) < 4.78 is 12.0. The van der Waals surface area contributed by atoms with E-state index in [1.807, 2.05) is 30.3 Å². The fourth-order valence-electron chi connectivity index (χ4n) is 3.60. The van der Waals surface area contributed by atoms with E-state index in [0.717, 1.165) is 18.5 Å². The molecule has 1 aromatic heterocycles. The zero-order chi connectivity index (χ0) is 20.1. The number of esters is 1. The summed E-state index contributed by atoms with van der Waals surface area (Å²) in [5, 5.41) is 7.24. The van der Waals surface area contributed by atoms with Crippen LogP contribution in [0.5, 0.6) is 5.75 Å². The number of nitrogens with one attached hydrogen (secondary N) is 1. The second kappa shape index (κ2) is 8.91. The highest BCUT2D eigenvalue weighted by Gasteiger charge is 2.28. The largest absolute Gasteiger partial charge is 0.493 e. The summed E-state index contributed by atoms with van der Waals surface area (Å²) in [4.78, 5) is 24.7. The lowest BCUT2D eigenvalue weighted by atomic mass is 9.78. The van der Waals surface area contributed by atoms with Crippen LogP contribution in [0.15, 0.2) is 36.5 Å². The lowest BCUT2D eigenvalue weighted by Gasteiger charge is -2.34. The van der Waals surface area contributed by atoms with Crippen molar-refractivity contribution in [2.24, 2.45) is 11.8 Å². The van der Waals surface area contributed by atoms with Gasteiger partial charge in [0.15, 0.2) is 12.4 Å². The minimum Gasteiger partial charge on any atom is -0.493 e. The molecule has 1 fully saturated rings. The van der Waals surface area contributed by atoms with Crippen molar-refractivity contribution in [3.8, 4) is 11.4 Å². The first-order chi connectivity index (χ1) is 13.5. The maximum Gasteiger partial charge on any atom is 0.363 e. The summed E-state index contributed by atoms with van der Waals surface area (Å²) in [6.07, 6.45) is 4.86. The number of hydrogen-bond acceptors (Lipinski definition) is 5.